The van der Waals surface area contributed by atoms with Crippen LogP contribution < -0.4 is 10.6 Å². The smallest absolute Gasteiger partial charge is 0.273 e. The second-order valence-electron chi connectivity index (χ2n) is 6.77. The zero-order valence-electron chi connectivity index (χ0n) is 16.3. The molecule has 0 saturated carbocycles. The second kappa shape index (κ2) is 9.55. The summed E-state index contributed by atoms with van der Waals surface area (Å²) in [6, 6.07) is 17.8. The van der Waals surface area contributed by atoms with E-state index in [1.54, 1.807) is 18.4 Å². The van der Waals surface area contributed by atoms with Gasteiger partial charge in [-0.3, -0.25) is 4.79 Å². The molecule has 7 nitrogen and oxygen atoms in total. The number of benzene rings is 2. The van der Waals surface area contributed by atoms with E-state index in [9.17, 15) is 9.18 Å². The van der Waals surface area contributed by atoms with Gasteiger partial charge in [0, 0.05) is 13.1 Å². The molecule has 0 bridgehead atoms. The van der Waals surface area contributed by atoms with Crippen LogP contribution in [-0.2, 0) is 6.54 Å². The molecular weight excluding hydrogens is 421 g/mol. The quantitative estimate of drug-likeness (QED) is 0.434. The molecule has 0 radical (unpaired) electrons. The number of amides is 1. The van der Waals surface area contributed by atoms with Gasteiger partial charge >= 0.3 is 0 Å². The van der Waals surface area contributed by atoms with E-state index in [1.165, 1.54) is 23.0 Å². The highest BCUT2D eigenvalue weighted by Crippen LogP contribution is 2.20. The lowest BCUT2D eigenvalue weighted by Gasteiger charge is -2.17. The summed E-state index contributed by atoms with van der Waals surface area (Å²) in [5.74, 6) is -0.378. The van der Waals surface area contributed by atoms with E-state index in [2.05, 4.69) is 20.9 Å². The van der Waals surface area contributed by atoms with Crippen LogP contribution in [-0.4, -0.2) is 27.4 Å². The predicted octanol–water partition coefficient (Wildman–Crippen LogP) is 3.91. The van der Waals surface area contributed by atoms with Gasteiger partial charge in [-0.05, 0) is 29.8 Å². The number of carbonyl (C=O) groups is 1. The van der Waals surface area contributed by atoms with Gasteiger partial charge in [0.25, 0.3) is 5.91 Å². The number of furan rings is 1. The Hall–Kier alpha value is -3.49. The highest BCUT2D eigenvalue weighted by molar-refractivity contribution is 6.30. The van der Waals surface area contributed by atoms with E-state index in [0.29, 0.717) is 12.3 Å². The molecule has 0 aliphatic heterocycles. The molecule has 4 aromatic rings. The Morgan fingerprint density at radius 2 is 1.97 bits per heavy atom. The molecule has 0 saturated heterocycles. The first-order chi connectivity index (χ1) is 15.1. The first-order valence-corrected chi connectivity index (χ1v) is 9.95. The minimum atomic E-state index is -0.635. The van der Waals surface area contributed by atoms with E-state index in [4.69, 9.17) is 16.0 Å². The Kier molecular flexibility index (Phi) is 6.40. The fraction of sp³-hybridized carbons (Fsp3) is 0.136. The lowest BCUT2D eigenvalue weighted by atomic mass is 10.1. The van der Waals surface area contributed by atoms with Crippen molar-refractivity contribution in [3.05, 3.63) is 101 Å². The maximum atomic E-state index is 14.2. The highest BCUT2D eigenvalue weighted by Gasteiger charge is 2.18. The first-order valence-electron chi connectivity index (χ1n) is 9.57. The normalized spacial score (nSPS) is 11.9. The molecule has 1 atom stereocenters. The molecule has 0 spiro atoms. The van der Waals surface area contributed by atoms with Crippen LogP contribution in [0, 0.1) is 5.82 Å². The van der Waals surface area contributed by atoms with Crippen molar-refractivity contribution in [1.29, 1.82) is 0 Å². The maximum absolute atomic E-state index is 14.2. The molecule has 1 amide bonds. The van der Waals surface area contributed by atoms with Crippen LogP contribution in [0.25, 0.3) is 5.69 Å². The van der Waals surface area contributed by atoms with Crippen LogP contribution in [0.1, 0.15) is 27.9 Å². The minimum absolute atomic E-state index is 0.0372. The topological polar surface area (TPSA) is 85.0 Å². The van der Waals surface area contributed by atoms with Crippen molar-refractivity contribution in [3.63, 3.8) is 0 Å². The zero-order valence-corrected chi connectivity index (χ0v) is 17.1. The number of halogens is 2. The summed E-state index contributed by atoms with van der Waals surface area (Å²) in [5.41, 5.74) is 1.27. The average Bonchev–Trinajstić information content (AvgIpc) is 3.49. The summed E-state index contributed by atoms with van der Waals surface area (Å²) in [7, 11) is 0. The van der Waals surface area contributed by atoms with Crippen LogP contribution in [0.4, 0.5) is 4.39 Å². The minimum Gasteiger partial charge on any atom is -0.468 e. The molecule has 0 aliphatic carbocycles. The lowest BCUT2D eigenvalue weighted by Crippen LogP contribution is -2.34. The third-order valence-electron chi connectivity index (χ3n) is 4.65. The van der Waals surface area contributed by atoms with Gasteiger partial charge in [-0.2, -0.15) is 0 Å². The lowest BCUT2D eigenvalue weighted by molar-refractivity contribution is 0.0943. The van der Waals surface area contributed by atoms with Crippen molar-refractivity contribution in [1.82, 2.24) is 25.6 Å². The molecule has 0 fully saturated rings. The highest BCUT2D eigenvalue weighted by atomic mass is 35.5. The van der Waals surface area contributed by atoms with Gasteiger partial charge in [-0.1, -0.05) is 53.2 Å². The summed E-state index contributed by atoms with van der Waals surface area (Å²) in [6.07, 6.45) is 2.93. The monoisotopic (exact) mass is 439 g/mol. The molecule has 2 N–H and O–H groups in total. The van der Waals surface area contributed by atoms with Gasteiger partial charge in [0.2, 0.25) is 0 Å². The van der Waals surface area contributed by atoms with Gasteiger partial charge in [-0.15, -0.1) is 5.10 Å². The molecule has 0 aliphatic rings. The van der Waals surface area contributed by atoms with Crippen molar-refractivity contribution < 1.29 is 13.6 Å². The van der Waals surface area contributed by atoms with Crippen LogP contribution in [0.15, 0.2) is 77.5 Å². The third kappa shape index (κ3) is 4.99. The van der Waals surface area contributed by atoms with Crippen LogP contribution in [0.5, 0.6) is 0 Å². The van der Waals surface area contributed by atoms with E-state index in [1.807, 2.05) is 36.4 Å². The van der Waals surface area contributed by atoms with Gasteiger partial charge in [-0.25, -0.2) is 9.07 Å². The standard InChI is InChI=1S/C22H19ClFN5O2/c23-16-8-4-9-19(21(16)24)29-14-18(27-28-29)22(30)26-13-17(20-10-5-11-31-20)25-12-15-6-2-1-3-7-15/h1-11,14,17,25H,12-13H2,(H,26,30). The van der Waals surface area contributed by atoms with Gasteiger partial charge in [0.1, 0.15) is 11.4 Å². The van der Waals surface area contributed by atoms with Gasteiger partial charge in [0.05, 0.1) is 23.5 Å². The Labute approximate surface area is 182 Å². The largest absolute Gasteiger partial charge is 0.468 e. The number of nitrogens with zero attached hydrogens (tertiary/aromatic N) is 3. The number of nitrogens with one attached hydrogen (secondary N) is 2. The molecule has 158 valence electrons. The van der Waals surface area contributed by atoms with Gasteiger partial charge in [0.15, 0.2) is 11.5 Å². The van der Waals surface area contributed by atoms with E-state index in [-0.39, 0.29) is 29.0 Å². The van der Waals surface area contributed by atoms with E-state index >= 15 is 0 Å². The SMILES string of the molecule is O=C(NCC(NCc1ccccc1)c1ccco1)c1cn(-c2cccc(Cl)c2F)nn1. The summed E-state index contributed by atoms with van der Waals surface area (Å²) < 4.78 is 20.9. The number of aromatic nitrogens is 3. The molecule has 2 heterocycles. The van der Waals surface area contributed by atoms with Crippen molar-refractivity contribution >= 4 is 17.5 Å². The van der Waals surface area contributed by atoms with Crippen LogP contribution >= 0.6 is 11.6 Å². The molecular formula is C22H19ClFN5O2. The molecule has 1 unspecified atom stereocenters. The van der Waals surface area contributed by atoms with Crippen molar-refractivity contribution in [2.45, 2.75) is 12.6 Å². The van der Waals surface area contributed by atoms with Crippen molar-refractivity contribution in [2.24, 2.45) is 0 Å². The molecule has 9 heteroatoms. The summed E-state index contributed by atoms with van der Waals surface area (Å²) in [4.78, 5) is 12.6. The predicted molar refractivity (Wildman–Crippen MR) is 113 cm³/mol. The second-order valence-corrected chi connectivity index (χ2v) is 7.17. The van der Waals surface area contributed by atoms with Crippen LogP contribution in [0.2, 0.25) is 5.02 Å². The van der Waals surface area contributed by atoms with Crippen molar-refractivity contribution in [3.8, 4) is 5.69 Å². The Bertz CT molecular complexity index is 1150. The number of hydrogen-bond acceptors (Lipinski definition) is 5. The fourth-order valence-electron chi connectivity index (χ4n) is 3.04. The average molecular weight is 440 g/mol. The fourth-order valence-corrected chi connectivity index (χ4v) is 3.21. The van der Waals surface area contributed by atoms with Crippen LogP contribution in [0.3, 0.4) is 0 Å². The Balaban J connectivity index is 1.42. The Morgan fingerprint density at radius 1 is 1.13 bits per heavy atom. The van der Waals surface area contributed by atoms with Gasteiger partial charge < -0.3 is 15.1 Å². The third-order valence-corrected chi connectivity index (χ3v) is 4.94. The summed E-state index contributed by atoms with van der Waals surface area (Å²) in [6.45, 7) is 0.865. The number of rotatable bonds is 8. The Morgan fingerprint density at radius 3 is 2.74 bits per heavy atom. The molecule has 2 aromatic heterocycles. The molecule has 31 heavy (non-hydrogen) atoms. The first kappa shape index (κ1) is 20.8. The molecule has 4 rings (SSSR count). The van der Waals surface area contributed by atoms with E-state index < -0.39 is 11.7 Å². The summed E-state index contributed by atoms with van der Waals surface area (Å²) in [5, 5.41) is 13.8. The molecule has 2 aromatic carbocycles. The maximum Gasteiger partial charge on any atom is 0.273 e. The number of hydrogen-bond donors (Lipinski definition) is 2. The zero-order chi connectivity index (χ0) is 21.6. The van der Waals surface area contributed by atoms with Crippen molar-refractivity contribution in [2.75, 3.05) is 6.54 Å². The van der Waals surface area contributed by atoms with E-state index in [0.717, 1.165) is 5.56 Å². The summed E-state index contributed by atoms with van der Waals surface area (Å²) >= 11 is 5.81. The number of carbonyl (C=O) groups excluding carboxylic acids is 1.